The molecular formula is C16H22N4O. The molecule has 0 aliphatic heterocycles. The monoisotopic (exact) mass is 286 g/mol. The number of rotatable bonds is 6. The average molecular weight is 286 g/mol. The van der Waals surface area contributed by atoms with Gasteiger partial charge in [0.25, 0.3) is 0 Å². The zero-order valence-corrected chi connectivity index (χ0v) is 12.5. The van der Waals surface area contributed by atoms with Crippen molar-refractivity contribution >= 4 is 22.6 Å². The lowest BCUT2D eigenvalue weighted by Crippen LogP contribution is -2.36. The summed E-state index contributed by atoms with van der Waals surface area (Å²) in [5.74, 6) is 0.792. The molecule has 2 rings (SSSR count). The van der Waals surface area contributed by atoms with E-state index in [1.165, 1.54) is 0 Å². The number of carbonyl (C=O) groups excluding carboxylic acids is 1. The van der Waals surface area contributed by atoms with Crippen molar-refractivity contribution < 1.29 is 4.79 Å². The number of primary amides is 1. The first-order valence-corrected chi connectivity index (χ1v) is 7.13. The average Bonchev–Trinajstić information content (AvgIpc) is 2.44. The number of benzene rings is 1. The van der Waals surface area contributed by atoms with E-state index in [9.17, 15) is 4.79 Å². The molecule has 5 nitrogen and oxygen atoms in total. The Morgan fingerprint density at radius 1 is 1.33 bits per heavy atom. The van der Waals surface area contributed by atoms with Gasteiger partial charge >= 0.3 is 0 Å². The van der Waals surface area contributed by atoms with Crippen LogP contribution in [0.4, 0.5) is 5.82 Å². The van der Waals surface area contributed by atoms with E-state index in [2.05, 4.69) is 18.8 Å². The van der Waals surface area contributed by atoms with Crippen LogP contribution < -0.4 is 16.4 Å². The minimum Gasteiger partial charge on any atom is -0.368 e. The van der Waals surface area contributed by atoms with Crippen LogP contribution in [0.3, 0.4) is 0 Å². The maximum atomic E-state index is 11.3. The van der Waals surface area contributed by atoms with Gasteiger partial charge in [-0.1, -0.05) is 32.0 Å². The number of aromatic nitrogens is 1. The van der Waals surface area contributed by atoms with Crippen molar-refractivity contribution in [2.24, 2.45) is 17.4 Å². The fraction of sp³-hybridized carbons (Fsp3) is 0.375. The molecule has 4 N–H and O–H groups in total. The summed E-state index contributed by atoms with van der Waals surface area (Å²) in [6.45, 7) is 5.51. The van der Waals surface area contributed by atoms with E-state index in [4.69, 9.17) is 11.5 Å². The van der Waals surface area contributed by atoms with E-state index in [1.807, 2.05) is 35.2 Å². The van der Waals surface area contributed by atoms with Crippen molar-refractivity contribution in [3.05, 3.63) is 35.9 Å². The van der Waals surface area contributed by atoms with E-state index in [0.717, 1.165) is 28.8 Å². The minimum atomic E-state index is -0.361. The van der Waals surface area contributed by atoms with Gasteiger partial charge in [0.05, 0.1) is 12.1 Å². The second kappa shape index (κ2) is 6.54. The highest BCUT2D eigenvalue weighted by Crippen LogP contribution is 2.23. The van der Waals surface area contributed by atoms with Gasteiger partial charge in [0.1, 0.15) is 5.82 Å². The molecule has 5 heteroatoms. The molecule has 1 heterocycles. The Morgan fingerprint density at radius 3 is 2.67 bits per heavy atom. The number of nitrogens with two attached hydrogens (primary N) is 2. The standard InChI is InChI=1S/C16H22N4O/c1-11(2)9-20(10-15(18)21)16-7-12(8-17)13-5-3-4-6-14(13)19-16/h3-7,11H,8-10,17H2,1-2H3,(H2,18,21). The Hall–Kier alpha value is -2.14. The lowest BCUT2D eigenvalue weighted by molar-refractivity contribution is -0.116. The van der Waals surface area contributed by atoms with Crippen molar-refractivity contribution in [1.29, 1.82) is 0 Å². The number of hydrogen-bond donors (Lipinski definition) is 2. The van der Waals surface area contributed by atoms with Gasteiger partial charge in [-0.15, -0.1) is 0 Å². The smallest absolute Gasteiger partial charge is 0.236 e. The SMILES string of the molecule is CC(C)CN(CC(N)=O)c1cc(CN)c2ccccc2n1. The number of nitrogens with zero attached hydrogens (tertiary/aromatic N) is 2. The molecule has 1 aromatic heterocycles. The Balaban J connectivity index is 2.48. The van der Waals surface area contributed by atoms with Crippen LogP contribution >= 0.6 is 0 Å². The summed E-state index contributed by atoms with van der Waals surface area (Å²) in [6, 6.07) is 9.83. The molecule has 0 saturated heterocycles. The first-order valence-electron chi connectivity index (χ1n) is 7.13. The summed E-state index contributed by atoms with van der Waals surface area (Å²) in [5, 5.41) is 1.05. The van der Waals surface area contributed by atoms with Crippen LogP contribution in [0.15, 0.2) is 30.3 Å². The summed E-state index contributed by atoms with van der Waals surface area (Å²) in [4.78, 5) is 17.9. The van der Waals surface area contributed by atoms with Crippen LogP contribution in [0.25, 0.3) is 10.9 Å². The highest BCUT2D eigenvalue weighted by Gasteiger charge is 2.14. The number of anilines is 1. The molecule has 2 aromatic rings. The fourth-order valence-corrected chi connectivity index (χ4v) is 2.43. The second-order valence-corrected chi connectivity index (χ2v) is 5.60. The van der Waals surface area contributed by atoms with Crippen LogP contribution in [0.2, 0.25) is 0 Å². The number of hydrogen-bond acceptors (Lipinski definition) is 4. The molecule has 112 valence electrons. The summed E-state index contributed by atoms with van der Waals surface area (Å²) < 4.78 is 0. The van der Waals surface area contributed by atoms with Crippen LogP contribution in [0.5, 0.6) is 0 Å². The Bertz CT molecular complexity index is 639. The van der Waals surface area contributed by atoms with Gasteiger partial charge in [-0.25, -0.2) is 4.98 Å². The zero-order chi connectivity index (χ0) is 15.4. The summed E-state index contributed by atoms with van der Waals surface area (Å²) in [5.41, 5.74) is 13.1. The van der Waals surface area contributed by atoms with E-state index in [-0.39, 0.29) is 12.5 Å². The van der Waals surface area contributed by atoms with Gasteiger partial charge in [0, 0.05) is 18.5 Å². The quantitative estimate of drug-likeness (QED) is 0.845. The van der Waals surface area contributed by atoms with Gasteiger partial charge < -0.3 is 16.4 Å². The van der Waals surface area contributed by atoms with Gasteiger partial charge in [0.15, 0.2) is 0 Å². The molecule has 0 aliphatic carbocycles. The fourth-order valence-electron chi connectivity index (χ4n) is 2.43. The third kappa shape index (κ3) is 3.70. The Kier molecular flexibility index (Phi) is 4.75. The highest BCUT2D eigenvalue weighted by atomic mass is 16.1. The van der Waals surface area contributed by atoms with E-state index in [0.29, 0.717) is 12.5 Å². The van der Waals surface area contributed by atoms with Crippen molar-refractivity contribution in [2.45, 2.75) is 20.4 Å². The van der Waals surface area contributed by atoms with E-state index >= 15 is 0 Å². The third-order valence-corrected chi connectivity index (χ3v) is 3.26. The molecule has 0 spiro atoms. The first-order chi connectivity index (χ1) is 10.0. The van der Waals surface area contributed by atoms with E-state index < -0.39 is 0 Å². The number of fused-ring (bicyclic) bond motifs is 1. The summed E-state index contributed by atoms with van der Waals surface area (Å²) >= 11 is 0. The molecule has 0 bridgehead atoms. The molecular weight excluding hydrogens is 264 g/mol. The third-order valence-electron chi connectivity index (χ3n) is 3.26. The first kappa shape index (κ1) is 15.3. The summed E-state index contributed by atoms with van der Waals surface area (Å²) in [7, 11) is 0. The molecule has 0 saturated carbocycles. The molecule has 0 atom stereocenters. The lowest BCUT2D eigenvalue weighted by atomic mass is 10.1. The van der Waals surface area contributed by atoms with Gasteiger partial charge in [0.2, 0.25) is 5.91 Å². The number of carbonyl (C=O) groups is 1. The topological polar surface area (TPSA) is 85.2 Å². The largest absolute Gasteiger partial charge is 0.368 e. The highest BCUT2D eigenvalue weighted by molar-refractivity contribution is 5.85. The molecule has 0 aliphatic rings. The van der Waals surface area contributed by atoms with Gasteiger partial charge in [-0.2, -0.15) is 0 Å². The van der Waals surface area contributed by atoms with Crippen LogP contribution in [-0.4, -0.2) is 24.0 Å². The zero-order valence-electron chi connectivity index (χ0n) is 12.5. The van der Waals surface area contributed by atoms with Gasteiger partial charge in [-0.05, 0) is 23.6 Å². The minimum absolute atomic E-state index is 0.160. The van der Waals surface area contributed by atoms with Gasteiger partial charge in [-0.3, -0.25) is 4.79 Å². The van der Waals surface area contributed by atoms with Crippen molar-refractivity contribution in [1.82, 2.24) is 4.98 Å². The normalized spacial score (nSPS) is 11.0. The second-order valence-electron chi connectivity index (χ2n) is 5.60. The molecule has 0 fully saturated rings. The maximum Gasteiger partial charge on any atom is 0.236 e. The van der Waals surface area contributed by atoms with Crippen molar-refractivity contribution in [2.75, 3.05) is 18.0 Å². The Labute approximate surface area is 124 Å². The van der Waals surface area contributed by atoms with Crippen LogP contribution in [0.1, 0.15) is 19.4 Å². The van der Waals surface area contributed by atoms with E-state index in [1.54, 1.807) is 0 Å². The van der Waals surface area contributed by atoms with Crippen LogP contribution in [0, 0.1) is 5.92 Å². The van der Waals surface area contributed by atoms with Crippen molar-refractivity contribution in [3.63, 3.8) is 0 Å². The molecule has 1 amide bonds. The predicted molar refractivity (Wildman–Crippen MR) is 85.9 cm³/mol. The number of para-hydroxylation sites is 1. The Morgan fingerprint density at radius 2 is 2.05 bits per heavy atom. The number of amides is 1. The molecule has 1 aromatic carbocycles. The molecule has 0 unspecified atom stereocenters. The maximum absolute atomic E-state index is 11.3. The van der Waals surface area contributed by atoms with Crippen molar-refractivity contribution in [3.8, 4) is 0 Å². The number of pyridine rings is 1. The lowest BCUT2D eigenvalue weighted by Gasteiger charge is -2.25. The summed E-state index contributed by atoms with van der Waals surface area (Å²) in [6.07, 6.45) is 0. The molecule has 0 radical (unpaired) electrons. The van der Waals surface area contributed by atoms with Crippen LogP contribution in [-0.2, 0) is 11.3 Å². The molecule has 21 heavy (non-hydrogen) atoms. The predicted octanol–water partition coefficient (Wildman–Crippen LogP) is 1.64.